The second-order valence-corrected chi connectivity index (χ2v) is 8.56. The number of fused-ring (bicyclic) bond motifs is 3. The van der Waals surface area contributed by atoms with Gasteiger partial charge >= 0.3 is 0 Å². The van der Waals surface area contributed by atoms with Gasteiger partial charge in [-0.15, -0.1) is 0 Å². The zero-order valence-corrected chi connectivity index (χ0v) is 19.6. The number of anilines is 2. The SMILES string of the molecule is COc1ccc(CN2CCc3nc(N)c4[nH]nc(NCCc5ccccc5)c4c3C2)cc1OC. The molecule has 0 aliphatic carbocycles. The Kier molecular flexibility index (Phi) is 6.22. The zero-order valence-electron chi connectivity index (χ0n) is 19.6. The highest BCUT2D eigenvalue weighted by Gasteiger charge is 2.24. The van der Waals surface area contributed by atoms with Crippen molar-refractivity contribution in [2.75, 3.05) is 38.4 Å². The maximum Gasteiger partial charge on any atom is 0.161 e. The van der Waals surface area contributed by atoms with Crippen molar-refractivity contribution < 1.29 is 9.47 Å². The summed E-state index contributed by atoms with van der Waals surface area (Å²) in [6, 6.07) is 16.5. The van der Waals surface area contributed by atoms with Gasteiger partial charge < -0.3 is 20.5 Å². The van der Waals surface area contributed by atoms with Crippen molar-refractivity contribution in [2.45, 2.75) is 25.9 Å². The topological polar surface area (TPSA) is 101 Å². The lowest BCUT2D eigenvalue weighted by molar-refractivity contribution is 0.244. The highest BCUT2D eigenvalue weighted by atomic mass is 16.5. The van der Waals surface area contributed by atoms with E-state index in [0.717, 1.165) is 72.9 Å². The molecule has 0 saturated carbocycles. The molecule has 8 heteroatoms. The molecule has 0 spiro atoms. The molecule has 2 aromatic heterocycles. The first-order valence-corrected chi connectivity index (χ1v) is 11.5. The lowest BCUT2D eigenvalue weighted by atomic mass is 10.0. The van der Waals surface area contributed by atoms with Gasteiger partial charge in [0.05, 0.1) is 19.6 Å². The molecule has 0 saturated heterocycles. The van der Waals surface area contributed by atoms with Gasteiger partial charge in [-0.3, -0.25) is 10.00 Å². The number of nitrogen functional groups attached to an aromatic ring is 1. The smallest absolute Gasteiger partial charge is 0.161 e. The number of ether oxygens (including phenoxy) is 2. The molecule has 0 amide bonds. The zero-order chi connectivity index (χ0) is 23.5. The minimum atomic E-state index is 0.505. The number of nitrogens with two attached hydrogens (primary N) is 1. The van der Waals surface area contributed by atoms with Gasteiger partial charge in [-0.25, -0.2) is 4.98 Å². The van der Waals surface area contributed by atoms with E-state index in [2.05, 4.69) is 50.7 Å². The Hall–Kier alpha value is -3.78. The summed E-state index contributed by atoms with van der Waals surface area (Å²) in [5, 5.41) is 12.2. The van der Waals surface area contributed by atoms with Crippen LogP contribution in [0.1, 0.15) is 22.4 Å². The van der Waals surface area contributed by atoms with Crippen LogP contribution in [0, 0.1) is 0 Å². The number of hydrogen-bond acceptors (Lipinski definition) is 7. The molecular weight excluding hydrogens is 428 g/mol. The minimum Gasteiger partial charge on any atom is -0.493 e. The van der Waals surface area contributed by atoms with Gasteiger partial charge in [0.15, 0.2) is 17.3 Å². The van der Waals surface area contributed by atoms with Crippen molar-refractivity contribution in [3.8, 4) is 11.5 Å². The van der Waals surface area contributed by atoms with Crippen LogP contribution < -0.4 is 20.5 Å². The van der Waals surface area contributed by atoms with Crippen LogP contribution in [0.4, 0.5) is 11.6 Å². The summed E-state index contributed by atoms with van der Waals surface area (Å²) in [7, 11) is 3.32. The largest absolute Gasteiger partial charge is 0.493 e. The Bertz CT molecular complexity index is 1290. The van der Waals surface area contributed by atoms with Crippen molar-refractivity contribution >= 4 is 22.5 Å². The molecule has 3 heterocycles. The van der Waals surface area contributed by atoms with Gasteiger partial charge in [0.1, 0.15) is 11.3 Å². The molecule has 176 valence electrons. The molecule has 5 rings (SSSR count). The van der Waals surface area contributed by atoms with E-state index in [9.17, 15) is 0 Å². The summed E-state index contributed by atoms with van der Waals surface area (Å²) in [6.45, 7) is 3.28. The number of aromatic nitrogens is 3. The predicted molar refractivity (Wildman–Crippen MR) is 134 cm³/mol. The van der Waals surface area contributed by atoms with E-state index in [1.807, 2.05) is 18.2 Å². The van der Waals surface area contributed by atoms with Crippen LogP contribution in [0.5, 0.6) is 11.5 Å². The van der Waals surface area contributed by atoms with Gasteiger partial charge in [0.2, 0.25) is 0 Å². The number of hydrogen-bond donors (Lipinski definition) is 3. The van der Waals surface area contributed by atoms with Gasteiger partial charge in [-0.05, 0) is 29.7 Å². The first-order valence-electron chi connectivity index (χ1n) is 11.5. The quantitative estimate of drug-likeness (QED) is 0.369. The van der Waals surface area contributed by atoms with Crippen LogP contribution in [0.25, 0.3) is 10.9 Å². The van der Waals surface area contributed by atoms with Crippen LogP contribution in [-0.4, -0.2) is 47.4 Å². The third-order valence-electron chi connectivity index (χ3n) is 6.38. The molecule has 4 N–H and O–H groups in total. The number of nitrogens with zero attached hydrogens (tertiary/aromatic N) is 3. The minimum absolute atomic E-state index is 0.505. The van der Waals surface area contributed by atoms with Crippen molar-refractivity contribution in [3.63, 3.8) is 0 Å². The van der Waals surface area contributed by atoms with Crippen molar-refractivity contribution in [3.05, 3.63) is 70.9 Å². The average Bonchev–Trinajstić information content (AvgIpc) is 3.30. The summed E-state index contributed by atoms with van der Waals surface area (Å²) in [4.78, 5) is 7.11. The van der Waals surface area contributed by atoms with Gasteiger partial charge in [-0.1, -0.05) is 36.4 Å². The molecule has 0 atom stereocenters. The number of pyridine rings is 1. The Morgan fingerprint density at radius 2 is 1.88 bits per heavy atom. The van der Waals surface area contributed by atoms with E-state index in [1.54, 1.807) is 14.2 Å². The Morgan fingerprint density at radius 1 is 1.06 bits per heavy atom. The number of rotatable bonds is 8. The van der Waals surface area contributed by atoms with E-state index >= 15 is 0 Å². The molecule has 1 aliphatic heterocycles. The lowest BCUT2D eigenvalue weighted by Crippen LogP contribution is -2.31. The fraction of sp³-hybridized carbons (Fsp3) is 0.308. The summed E-state index contributed by atoms with van der Waals surface area (Å²) in [5.74, 6) is 2.82. The number of benzene rings is 2. The number of aromatic amines is 1. The highest BCUT2D eigenvalue weighted by Crippen LogP contribution is 2.34. The lowest BCUT2D eigenvalue weighted by Gasteiger charge is -2.29. The Labute approximate surface area is 199 Å². The predicted octanol–water partition coefficient (Wildman–Crippen LogP) is 3.77. The molecule has 0 bridgehead atoms. The fourth-order valence-electron chi connectivity index (χ4n) is 4.65. The van der Waals surface area contributed by atoms with Crippen LogP contribution >= 0.6 is 0 Å². The Balaban J connectivity index is 1.37. The normalized spacial score (nSPS) is 13.6. The number of methoxy groups -OCH3 is 2. The summed E-state index contributed by atoms with van der Waals surface area (Å²) >= 11 is 0. The van der Waals surface area contributed by atoms with Crippen molar-refractivity contribution in [1.29, 1.82) is 0 Å². The van der Waals surface area contributed by atoms with Crippen LogP contribution in [0.2, 0.25) is 0 Å². The third-order valence-corrected chi connectivity index (χ3v) is 6.38. The van der Waals surface area contributed by atoms with Crippen LogP contribution in [-0.2, 0) is 25.9 Å². The first kappa shape index (κ1) is 22.0. The van der Waals surface area contributed by atoms with Crippen molar-refractivity contribution in [2.24, 2.45) is 0 Å². The Morgan fingerprint density at radius 3 is 2.68 bits per heavy atom. The summed E-state index contributed by atoms with van der Waals surface area (Å²) < 4.78 is 10.9. The number of H-pyrrole nitrogens is 1. The molecule has 1 aliphatic rings. The standard InChI is InChI=1S/C26H30N6O2/c1-33-21-9-8-18(14-22(21)34-2)15-32-13-11-20-19(16-32)23-24(25(27)29-20)30-31-26(23)28-12-10-17-6-4-3-5-7-17/h3-9,14H,10-13,15-16H2,1-2H3,(H2,27,29)(H2,28,30,31). The molecule has 0 unspecified atom stereocenters. The highest BCUT2D eigenvalue weighted by molar-refractivity contribution is 5.98. The maximum atomic E-state index is 6.28. The summed E-state index contributed by atoms with van der Waals surface area (Å²) in [5.41, 5.74) is 11.8. The molecular formula is C26H30N6O2. The second kappa shape index (κ2) is 9.61. The monoisotopic (exact) mass is 458 g/mol. The molecule has 2 aromatic carbocycles. The molecule has 4 aromatic rings. The van der Waals surface area contributed by atoms with E-state index in [-0.39, 0.29) is 0 Å². The first-order chi connectivity index (χ1) is 16.7. The van der Waals surface area contributed by atoms with Gasteiger partial charge in [0, 0.05) is 43.9 Å². The molecule has 0 fully saturated rings. The van der Waals surface area contributed by atoms with Crippen LogP contribution in [0.15, 0.2) is 48.5 Å². The van der Waals surface area contributed by atoms with Crippen LogP contribution in [0.3, 0.4) is 0 Å². The third kappa shape index (κ3) is 4.36. The van der Waals surface area contributed by atoms with E-state index < -0.39 is 0 Å². The molecule has 34 heavy (non-hydrogen) atoms. The average molecular weight is 459 g/mol. The fourth-order valence-corrected chi connectivity index (χ4v) is 4.65. The summed E-state index contributed by atoms with van der Waals surface area (Å²) in [6.07, 6.45) is 1.76. The molecule has 0 radical (unpaired) electrons. The molecule has 8 nitrogen and oxygen atoms in total. The van der Waals surface area contributed by atoms with Crippen molar-refractivity contribution in [1.82, 2.24) is 20.1 Å². The van der Waals surface area contributed by atoms with E-state index in [0.29, 0.717) is 5.82 Å². The van der Waals surface area contributed by atoms with E-state index in [1.165, 1.54) is 16.7 Å². The van der Waals surface area contributed by atoms with Gasteiger partial charge in [0.25, 0.3) is 0 Å². The van der Waals surface area contributed by atoms with E-state index in [4.69, 9.17) is 20.2 Å². The second-order valence-electron chi connectivity index (χ2n) is 8.56. The number of nitrogens with one attached hydrogen (secondary N) is 2. The van der Waals surface area contributed by atoms with Gasteiger partial charge in [-0.2, -0.15) is 5.10 Å². The maximum absolute atomic E-state index is 6.28.